The van der Waals surface area contributed by atoms with E-state index < -0.39 is 11.7 Å². The summed E-state index contributed by atoms with van der Waals surface area (Å²) in [5, 5.41) is 14.3. The molecular formula is C21H28FN9O. The van der Waals surface area contributed by atoms with Gasteiger partial charge in [0.1, 0.15) is 11.5 Å². The summed E-state index contributed by atoms with van der Waals surface area (Å²) in [6.07, 6.45) is 7.02. The zero-order valence-electron chi connectivity index (χ0n) is 18.3. The van der Waals surface area contributed by atoms with Crippen LogP contribution in [0.2, 0.25) is 0 Å². The Morgan fingerprint density at radius 3 is 2.56 bits per heavy atom. The molecule has 2 atom stereocenters. The van der Waals surface area contributed by atoms with Gasteiger partial charge >= 0.3 is 0 Å². The van der Waals surface area contributed by atoms with Gasteiger partial charge in [-0.05, 0) is 31.9 Å². The molecule has 0 aliphatic carbocycles. The van der Waals surface area contributed by atoms with Crippen LogP contribution >= 0.6 is 0 Å². The van der Waals surface area contributed by atoms with Crippen molar-refractivity contribution < 1.29 is 9.18 Å². The van der Waals surface area contributed by atoms with Gasteiger partial charge in [-0.2, -0.15) is 10.2 Å². The number of primary amides is 1. The fraction of sp³-hybridized carbons (Fsp3) is 0.381. The molecule has 11 heteroatoms. The zero-order valence-corrected chi connectivity index (χ0v) is 18.3. The summed E-state index contributed by atoms with van der Waals surface area (Å²) in [5.41, 5.74) is 13.4. The van der Waals surface area contributed by atoms with E-state index in [-0.39, 0.29) is 29.3 Å². The average molecular weight is 442 g/mol. The number of pyridine rings is 2. The second-order valence-corrected chi connectivity index (χ2v) is 7.46. The molecule has 0 saturated heterocycles. The number of carbonyl (C=O) groups is 1. The predicted octanol–water partition coefficient (Wildman–Crippen LogP) is 2.67. The highest BCUT2D eigenvalue weighted by Gasteiger charge is 2.21. The number of nitrogens with one attached hydrogen (secondary N) is 2. The van der Waals surface area contributed by atoms with Crippen molar-refractivity contribution in [2.24, 2.45) is 11.5 Å². The molecule has 0 aliphatic heterocycles. The molecule has 170 valence electrons. The van der Waals surface area contributed by atoms with Gasteiger partial charge in [0.05, 0.1) is 35.5 Å². The molecule has 0 radical (unpaired) electrons. The minimum absolute atomic E-state index is 0.00566. The number of aryl methyl sites for hydroxylation is 1. The van der Waals surface area contributed by atoms with Crippen molar-refractivity contribution in [1.82, 2.24) is 25.0 Å². The molecule has 10 nitrogen and oxygen atoms in total. The van der Waals surface area contributed by atoms with E-state index in [0.717, 1.165) is 25.3 Å². The van der Waals surface area contributed by atoms with Crippen LogP contribution in [0.5, 0.6) is 0 Å². The number of halogens is 1. The number of aromatic nitrogens is 5. The molecule has 0 unspecified atom stereocenters. The van der Waals surface area contributed by atoms with E-state index >= 15 is 0 Å². The van der Waals surface area contributed by atoms with Crippen molar-refractivity contribution >= 4 is 23.2 Å². The Hall–Kier alpha value is -3.60. The van der Waals surface area contributed by atoms with Crippen LogP contribution in [-0.2, 0) is 0 Å². The first-order valence-electron chi connectivity index (χ1n) is 10.5. The first-order chi connectivity index (χ1) is 15.3. The van der Waals surface area contributed by atoms with Gasteiger partial charge in [0.25, 0.3) is 5.91 Å². The number of nitrogens with two attached hydrogens (primary N) is 2. The van der Waals surface area contributed by atoms with E-state index in [2.05, 4.69) is 30.8 Å². The molecule has 6 N–H and O–H groups in total. The number of hydrogen-bond acceptors (Lipinski definition) is 8. The number of hydrogen-bond donors (Lipinski definition) is 4. The van der Waals surface area contributed by atoms with E-state index in [9.17, 15) is 9.18 Å². The molecule has 0 bridgehead atoms. The largest absolute Gasteiger partial charge is 0.365 e. The molecule has 3 rings (SSSR count). The van der Waals surface area contributed by atoms with Crippen molar-refractivity contribution in [1.29, 1.82) is 0 Å². The number of anilines is 3. The topological polar surface area (TPSA) is 150 Å². The normalized spacial score (nSPS) is 12.9. The smallest absolute Gasteiger partial charge is 0.252 e. The summed E-state index contributed by atoms with van der Waals surface area (Å²) in [6.45, 7) is 5.82. The molecule has 0 fully saturated rings. The molecule has 1 amide bonds. The third-order valence-electron chi connectivity index (χ3n) is 5.11. The Kier molecular flexibility index (Phi) is 7.31. The van der Waals surface area contributed by atoms with Crippen molar-refractivity contribution in [3.63, 3.8) is 0 Å². The van der Waals surface area contributed by atoms with Crippen LogP contribution in [0.25, 0.3) is 5.69 Å². The summed E-state index contributed by atoms with van der Waals surface area (Å²) in [6, 6.07) is 2.47. The maximum absolute atomic E-state index is 14.8. The molecule has 0 saturated carbocycles. The van der Waals surface area contributed by atoms with E-state index in [1.807, 2.05) is 20.8 Å². The first kappa shape index (κ1) is 23.1. The van der Waals surface area contributed by atoms with Gasteiger partial charge in [0, 0.05) is 12.1 Å². The van der Waals surface area contributed by atoms with Crippen molar-refractivity contribution in [2.45, 2.75) is 52.1 Å². The van der Waals surface area contributed by atoms with Gasteiger partial charge in [-0.15, -0.1) is 4.80 Å². The van der Waals surface area contributed by atoms with Gasteiger partial charge in [-0.1, -0.05) is 20.3 Å². The van der Waals surface area contributed by atoms with Crippen LogP contribution < -0.4 is 22.1 Å². The van der Waals surface area contributed by atoms with E-state index in [4.69, 9.17) is 11.5 Å². The second-order valence-electron chi connectivity index (χ2n) is 7.46. The molecular weight excluding hydrogens is 413 g/mol. The van der Waals surface area contributed by atoms with Crippen LogP contribution in [0, 0.1) is 12.7 Å². The lowest BCUT2D eigenvalue weighted by atomic mass is 10.0. The van der Waals surface area contributed by atoms with Crippen LogP contribution in [0.3, 0.4) is 0 Å². The minimum atomic E-state index is -0.810. The number of nitrogens with zero attached hydrogens (tertiary/aromatic N) is 5. The van der Waals surface area contributed by atoms with E-state index in [1.165, 1.54) is 4.80 Å². The van der Waals surface area contributed by atoms with Crippen molar-refractivity contribution in [3.8, 4) is 5.69 Å². The highest BCUT2D eigenvalue weighted by atomic mass is 19.1. The maximum Gasteiger partial charge on any atom is 0.252 e. The third-order valence-corrected chi connectivity index (χ3v) is 5.11. The monoisotopic (exact) mass is 441 g/mol. The summed E-state index contributed by atoms with van der Waals surface area (Å²) >= 11 is 0. The summed E-state index contributed by atoms with van der Waals surface area (Å²) in [4.78, 5) is 22.0. The lowest BCUT2D eigenvalue weighted by Crippen LogP contribution is -2.40. The van der Waals surface area contributed by atoms with Crippen LogP contribution in [0.1, 0.15) is 49.2 Å². The molecule has 3 aromatic heterocycles. The Morgan fingerprint density at radius 2 is 1.94 bits per heavy atom. The Labute approximate surface area is 185 Å². The van der Waals surface area contributed by atoms with Gasteiger partial charge in [-0.25, -0.2) is 9.37 Å². The highest BCUT2D eigenvalue weighted by molar-refractivity contribution is 5.98. The fourth-order valence-corrected chi connectivity index (χ4v) is 3.31. The summed E-state index contributed by atoms with van der Waals surface area (Å²) in [7, 11) is 0. The molecule has 0 aromatic carbocycles. The SMILES string of the molecule is CCC[C@@H](Nc1nc(Nc2cnc(C)c(-n3nccn3)c2)c(C(N)=O)cc1F)[C@@H](N)CC. The molecule has 3 heterocycles. The lowest BCUT2D eigenvalue weighted by molar-refractivity contribution is 0.100. The number of amides is 1. The molecule has 32 heavy (non-hydrogen) atoms. The minimum Gasteiger partial charge on any atom is -0.365 e. The maximum atomic E-state index is 14.8. The highest BCUT2D eigenvalue weighted by Crippen LogP contribution is 2.26. The van der Waals surface area contributed by atoms with Crippen molar-refractivity contribution in [3.05, 3.63) is 47.8 Å². The van der Waals surface area contributed by atoms with Gasteiger partial charge < -0.3 is 22.1 Å². The van der Waals surface area contributed by atoms with Crippen LogP contribution in [0.15, 0.2) is 30.7 Å². The number of rotatable bonds is 10. The summed E-state index contributed by atoms with van der Waals surface area (Å²) < 4.78 is 14.8. The molecule has 0 aliphatic rings. The van der Waals surface area contributed by atoms with Gasteiger partial charge in [0.2, 0.25) is 0 Å². The van der Waals surface area contributed by atoms with Gasteiger partial charge in [0.15, 0.2) is 11.6 Å². The second kappa shape index (κ2) is 10.1. The quantitative estimate of drug-likeness (QED) is 0.375. The van der Waals surface area contributed by atoms with E-state index in [1.54, 1.807) is 24.7 Å². The number of carbonyl (C=O) groups excluding carboxylic acids is 1. The fourth-order valence-electron chi connectivity index (χ4n) is 3.31. The predicted molar refractivity (Wildman–Crippen MR) is 120 cm³/mol. The Balaban J connectivity index is 1.97. The Morgan fingerprint density at radius 1 is 1.22 bits per heavy atom. The standard InChI is InChI=1S/C21H28FN9O/c1-4-6-17(16(23)5-2)29-21-15(22)10-14(19(24)32)20(30-21)28-13-9-18(12(3)25-11-13)31-26-7-8-27-31/h7-11,16-17H,4-6,23H2,1-3H3,(H2,24,32)(H2,28,29,30)/t16-,17+/m0/s1. The lowest BCUT2D eigenvalue weighted by Gasteiger charge is -2.25. The molecule has 0 spiro atoms. The summed E-state index contributed by atoms with van der Waals surface area (Å²) in [5.74, 6) is -1.40. The zero-order chi connectivity index (χ0) is 23.3. The Bertz CT molecular complexity index is 1070. The molecule has 3 aromatic rings. The van der Waals surface area contributed by atoms with Crippen molar-refractivity contribution in [2.75, 3.05) is 10.6 Å². The van der Waals surface area contributed by atoms with E-state index in [0.29, 0.717) is 17.1 Å². The van der Waals surface area contributed by atoms with Crippen LogP contribution in [0.4, 0.5) is 21.7 Å². The first-order valence-corrected chi connectivity index (χ1v) is 10.5. The van der Waals surface area contributed by atoms with Gasteiger partial charge in [-0.3, -0.25) is 9.78 Å². The average Bonchev–Trinajstić information content (AvgIpc) is 3.30. The third kappa shape index (κ3) is 5.17. The van der Waals surface area contributed by atoms with Crippen LogP contribution in [-0.4, -0.2) is 43.0 Å².